The minimum atomic E-state index is 0.183. The number of fused-ring (bicyclic) bond motifs is 2. The third-order valence-electron chi connectivity index (χ3n) is 4.49. The minimum absolute atomic E-state index is 0.183. The van der Waals surface area contributed by atoms with Crippen molar-refractivity contribution in [2.75, 3.05) is 12.3 Å². The molecule has 4 heteroatoms. The average Bonchev–Trinajstić information content (AvgIpc) is 3.06. The Labute approximate surface area is 128 Å². The van der Waals surface area contributed by atoms with Gasteiger partial charge in [-0.1, -0.05) is 6.07 Å². The van der Waals surface area contributed by atoms with E-state index in [1.807, 2.05) is 17.0 Å². The van der Waals surface area contributed by atoms with E-state index < -0.39 is 0 Å². The monoisotopic (exact) mass is 298 g/mol. The zero-order valence-corrected chi connectivity index (χ0v) is 12.7. The summed E-state index contributed by atoms with van der Waals surface area (Å²) in [6.07, 6.45) is 4.45. The van der Waals surface area contributed by atoms with Crippen LogP contribution in [0, 0.1) is 0 Å². The molecular weight excluding hydrogens is 280 g/mol. The molecule has 1 aromatic carbocycles. The van der Waals surface area contributed by atoms with Crippen molar-refractivity contribution in [1.82, 2.24) is 4.90 Å². The first-order valence-corrected chi connectivity index (χ1v) is 8.30. The van der Waals surface area contributed by atoms with Gasteiger partial charge in [0.2, 0.25) is 0 Å². The summed E-state index contributed by atoms with van der Waals surface area (Å²) in [6.45, 7) is 1.49. The topological polar surface area (TPSA) is 46.3 Å². The maximum atomic E-state index is 12.7. The van der Waals surface area contributed by atoms with Gasteiger partial charge in [-0.15, -0.1) is 11.3 Å². The van der Waals surface area contributed by atoms with Gasteiger partial charge in [0.25, 0.3) is 5.91 Å². The SMILES string of the molecule is Nc1ccc2c(c1)CN(C(=O)c1cc3c(s1)CCC3)CC2. The maximum absolute atomic E-state index is 12.7. The maximum Gasteiger partial charge on any atom is 0.264 e. The van der Waals surface area contributed by atoms with E-state index in [4.69, 9.17) is 5.73 Å². The first kappa shape index (κ1) is 12.9. The van der Waals surface area contributed by atoms with E-state index in [1.165, 1.54) is 28.0 Å². The minimum Gasteiger partial charge on any atom is -0.399 e. The second-order valence-corrected chi connectivity index (χ2v) is 7.05. The van der Waals surface area contributed by atoms with Crippen LogP contribution in [-0.2, 0) is 25.8 Å². The Kier molecular flexibility index (Phi) is 3.00. The van der Waals surface area contributed by atoms with Crippen LogP contribution in [0.5, 0.6) is 0 Å². The quantitative estimate of drug-likeness (QED) is 0.823. The van der Waals surface area contributed by atoms with Crippen molar-refractivity contribution < 1.29 is 4.79 Å². The van der Waals surface area contributed by atoms with Crippen LogP contribution in [0.1, 0.15) is 37.7 Å². The first-order valence-electron chi connectivity index (χ1n) is 7.49. The molecule has 2 heterocycles. The van der Waals surface area contributed by atoms with Gasteiger partial charge in [0.1, 0.15) is 0 Å². The van der Waals surface area contributed by atoms with E-state index in [-0.39, 0.29) is 5.91 Å². The van der Waals surface area contributed by atoms with E-state index >= 15 is 0 Å². The zero-order chi connectivity index (χ0) is 14.4. The molecule has 0 radical (unpaired) electrons. The lowest BCUT2D eigenvalue weighted by Gasteiger charge is -2.28. The molecule has 0 saturated heterocycles. The molecule has 1 aliphatic heterocycles. The zero-order valence-electron chi connectivity index (χ0n) is 11.9. The lowest BCUT2D eigenvalue weighted by atomic mass is 9.99. The molecule has 0 unspecified atom stereocenters. The number of nitrogen functional groups attached to an aromatic ring is 1. The number of nitrogens with two attached hydrogens (primary N) is 1. The second-order valence-electron chi connectivity index (χ2n) is 5.92. The Morgan fingerprint density at radius 1 is 1.10 bits per heavy atom. The van der Waals surface area contributed by atoms with Crippen molar-refractivity contribution in [1.29, 1.82) is 0 Å². The average molecular weight is 298 g/mol. The molecule has 21 heavy (non-hydrogen) atoms. The summed E-state index contributed by atoms with van der Waals surface area (Å²) in [5.74, 6) is 0.183. The number of amides is 1. The number of carbonyl (C=O) groups is 1. The van der Waals surface area contributed by atoms with E-state index in [1.54, 1.807) is 11.3 Å². The number of nitrogens with zero attached hydrogens (tertiary/aromatic N) is 1. The predicted octanol–water partition coefficient (Wildman–Crippen LogP) is 3.02. The summed E-state index contributed by atoms with van der Waals surface area (Å²) in [5, 5.41) is 0. The smallest absolute Gasteiger partial charge is 0.264 e. The standard InChI is InChI=1S/C17H18N2OS/c18-14-5-4-11-6-7-19(10-13(11)8-14)17(20)16-9-12-2-1-3-15(12)21-16/h4-5,8-9H,1-3,6-7,10,18H2. The summed E-state index contributed by atoms with van der Waals surface area (Å²) >= 11 is 1.69. The van der Waals surface area contributed by atoms with Crippen molar-refractivity contribution in [2.45, 2.75) is 32.2 Å². The Morgan fingerprint density at radius 2 is 2.00 bits per heavy atom. The van der Waals surface area contributed by atoms with Gasteiger partial charge in [0.15, 0.2) is 0 Å². The van der Waals surface area contributed by atoms with Crippen molar-refractivity contribution in [3.05, 3.63) is 50.7 Å². The van der Waals surface area contributed by atoms with Gasteiger partial charge in [-0.3, -0.25) is 4.79 Å². The molecule has 1 amide bonds. The number of anilines is 1. The third-order valence-corrected chi connectivity index (χ3v) is 5.71. The van der Waals surface area contributed by atoms with E-state index in [2.05, 4.69) is 12.1 Å². The van der Waals surface area contributed by atoms with E-state index in [0.717, 1.165) is 36.4 Å². The predicted molar refractivity (Wildman–Crippen MR) is 85.6 cm³/mol. The Bertz CT molecular complexity index is 698. The fraction of sp³-hybridized carbons (Fsp3) is 0.353. The molecule has 108 valence electrons. The van der Waals surface area contributed by atoms with Gasteiger partial charge >= 0.3 is 0 Å². The summed E-state index contributed by atoms with van der Waals surface area (Å²) in [4.78, 5) is 17.0. The Hall–Kier alpha value is -1.81. The van der Waals surface area contributed by atoms with Crippen LogP contribution in [0.3, 0.4) is 0 Å². The van der Waals surface area contributed by atoms with Gasteiger partial charge in [-0.05, 0) is 60.6 Å². The molecule has 0 bridgehead atoms. The number of thiophene rings is 1. The van der Waals surface area contributed by atoms with Crippen molar-refractivity contribution in [3.63, 3.8) is 0 Å². The highest BCUT2D eigenvalue weighted by Crippen LogP contribution is 2.32. The third kappa shape index (κ3) is 2.23. The molecule has 0 atom stereocenters. The Morgan fingerprint density at radius 3 is 2.86 bits per heavy atom. The van der Waals surface area contributed by atoms with Crippen molar-refractivity contribution >= 4 is 22.9 Å². The van der Waals surface area contributed by atoms with Crippen molar-refractivity contribution in [2.24, 2.45) is 0 Å². The molecule has 0 fully saturated rings. The molecular formula is C17H18N2OS. The van der Waals surface area contributed by atoms with Gasteiger partial charge in [0, 0.05) is 23.7 Å². The number of hydrogen-bond donors (Lipinski definition) is 1. The highest BCUT2D eigenvalue weighted by atomic mass is 32.1. The number of rotatable bonds is 1. The molecule has 2 aliphatic rings. The lowest BCUT2D eigenvalue weighted by molar-refractivity contribution is 0.0739. The lowest BCUT2D eigenvalue weighted by Crippen LogP contribution is -2.35. The van der Waals surface area contributed by atoms with Crippen LogP contribution in [0.15, 0.2) is 24.3 Å². The second kappa shape index (κ2) is 4.88. The highest BCUT2D eigenvalue weighted by molar-refractivity contribution is 7.14. The molecule has 3 nitrogen and oxygen atoms in total. The van der Waals surface area contributed by atoms with E-state index in [0.29, 0.717) is 6.54 Å². The summed E-state index contributed by atoms with van der Waals surface area (Å²) < 4.78 is 0. The van der Waals surface area contributed by atoms with Gasteiger partial charge in [0.05, 0.1) is 4.88 Å². The van der Waals surface area contributed by atoms with Gasteiger partial charge < -0.3 is 10.6 Å². The van der Waals surface area contributed by atoms with Gasteiger partial charge in [-0.2, -0.15) is 0 Å². The van der Waals surface area contributed by atoms with Crippen molar-refractivity contribution in [3.8, 4) is 0 Å². The van der Waals surface area contributed by atoms with Crippen LogP contribution in [-0.4, -0.2) is 17.4 Å². The summed E-state index contributed by atoms with van der Waals surface area (Å²) in [6, 6.07) is 8.15. The molecule has 1 aromatic heterocycles. The van der Waals surface area contributed by atoms with E-state index in [9.17, 15) is 4.79 Å². The first-order chi connectivity index (χ1) is 10.2. The van der Waals surface area contributed by atoms with Crippen LogP contribution < -0.4 is 5.73 Å². The molecule has 1 aliphatic carbocycles. The largest absolute Gasteiger partial charge is 0.399 e. The van der Waals surface area contributed by atoms with Crippen LogP contribution in [0.25, 0.3) is 0 Å². The number of aryl methyl sites for hydroxylation is 2. The van der Waals surface area contributed by atoms with Crippen LogP contribution >= 0.6 is 11.3 Å². The number of hydrogen-bond acceptors (Lipinski definition) is 3. The molecule has 2 N–H and O–H groups in total. The highest BCUT2D eigenvalue weighted by Gasteiger charge is 2.25. The molecule has 2 aromatic rings. The fourth-order valence-corrected chi connectivity index (χ4v) is 4.56. The number of benzene rings is 1. The van der Waals surface area contributed by atoms with Gasteiger partial charge in [-0.25, -0.2) is 0 Å². The summed E-state index contributed by atoms with van der Waals surface area (Å²) in [7, 11) is 0. The molecule has 4 rings (SSSR count). The fourth-order valence-electron chi connectivity index (χ4n) is 3.34. The van der Waals surface area contributed by atoms with Crippen LogP contribution in [0.2, 0.25) is 0 Å². The molecule has 0 saturated carbocycles. The summed E-state index contributed by atoms with van der Waals surface area (Å²) in [5.41, 5.74) is 10.5. The number of carbonyl (C=O) groups excluding carboxylic acids is 1. The normalized spacial score (nSPS) is 16.7. The van der Waals surface area contributed by atoms with Crippen LogP contribution in [0.4, 0.5) is 5.69 Å². The Balaban J connectivity index is 1.58. The molecule has 0 spiro atoms.